The van der Waals surface area contributed by atoms with Crippen LogP contribution in [0.3, 0.4) is 0 Å². The first-order valence-electron chi connectivity index (χ1n) is 7.09. The number of benzene rings is 1. The molecule has 1 saturated carbocycles. The van der Waals surface area contributed by atoms with Crippen molar-refractivity contribution in [3.63, 3.8) is 0 Å². The maximum Gasteiger partial charge on any atom is 0.335 e. The second-order valence-corrected chi connectivity index (χ2v) is 5.14. The fraction of sp³-hybridized carbons (Fsp3) is 0.467. The number of carbonyl (C=O) groups is 2. The van der Waals surface area contributed by atoms with E-state index >= 15 is 0 Å². The molecule has 2 amide bonds. The average Bonchev–Trinajstić information content (AvgIpc) is 3.29. The van der Waals surface area contributed by atoms with Crippen molar-refractivity contribution < 1.29 is 19.8 Å². The molecule has 114 valence electrons. The smallest absolute Gasteiger partial charge is 0.335 e. The highest BCUT2D eigenvalue weighted by Crippen LogP contribution is 2.26. The van der Waals surface area contributed by atoms with Crippen molar-refractivity contribution in [2.24, 2.45) is 0 Å². The van der Waals surface area contributed by atoms with Gasteiger partial charge >= 0.3 is 12.0 Å². The predicted octanol–water partition coefficient (Wildman–Crippen LogP) is 1.09. The van der Waals surface area contributed by atoms with E-state index in [1.807, 2.05) is 6.07 Å². The van der Waals surface area contributed by atoms with E-state index in [0.29, 0.717) is 19.5 Å². The van der Waals surface area contributed by atoms with E-state index in [-0.39, 0.29) is 24.2 Å². The van der Waals surface area contributed by atoms with Crippen molar-refractivity contribution in [3.05, 3.63) is 35.4 Å². The zero-order valence-corrected chi connectivity index (χ0v) is 11.8. The third-order valence-electron chi connectivity index (χ3n) is 3.45. The number of hydrogen-bond acceptors (Lipinski definition) is 3. The van der Waals surface area contributed by atoms with Gasteiger partial charge in [0.2, 0.25) is 0 Å². The SMILES string of the molecule is O=C(O)c1cccc(CCNC(=O)N(CCO)C2CC2)c1. The molecule has 6 heteroatoms. The van der Waals surface area contributed by atoms with E-state index in [1.165, 1.54) is 0 Å². The van der Waals surface area contributed by atoms with Gasteiger partial charge in [-0.3, -0.25) is 0 Å². The van der Waals surface area contributed by atoms with Crippen molar-refractivity contribution in [3.8, 4) is 0 Å². The van der Waals surface area contributed by atoms with Gasteiger partial charge in [0.05, 0.1) is 12.2 Å². The van der Waals surface area contributed by atoms with Crippen molar-refractivity contribution in [1.82, 2.24) is 10.2 Å². The number of nitrogens with one attached hydrogen (secondary N) is 1. The van der Waals surface area contributed by atoms with Crippen LogP contribution in [0, 0.1) is 0 Å². The molecule has 0 unspecified atom stereocenters. The topological polar surface area (TPSA) is 89.9 Å². The second-order valence-electron chi connectivity index (χ2n) is 5.14. The number of rotatable bonds is 7. The van der Waals surface area contributed by atoms with Crippen LogP contribution in [-0.4, -0.2) is 52.9 Å². The summed E-state index contributed by atoms with van der Waals surface area (Å²) in [5.74, 6) is -0.955. The Morgan fingerprint density at radius 2 is 2.10 bits per heavy atom. The minimum absolute atomic E-state index is 0.0371. The molecule has 0 aromatic heterocycles. The van der Waals surface area contributed by atoms with Gasteiger partial charge in [0.15, 0.2) is 0 Å². The van der Waals surface area contributed by atoms with Gasteiger partial charge in [-0.25, -0.2) is 9.59 Å². The number of aliphatic hydroxyl groups excluding tert-OH is 1. The van der Waals surface area contributed by atoms with Gasteiger partial charge in [-0.2, -0.15) is 0 Å². The number of nitrogens with zero attached hydrogens (tertiary/aromatic N) is 1. The molecule has 2 rings (SSSR count). The van der Waals surface area contributed by atoms with Crippen molar-refractivity contribution in [1.29, 1.82) is 0 Å². The van der Waals surface area contributed by atoms with Crippen LogP contribution in [0.5, 0.6) is 0 Å². The number of urea groups is 1. The van der Waals surface area contributed by atoms with E-state index < -0.39 is 5.97 Å². The molecule has 1 aromatic carbocycles. The molecule has 0 aliphatic heterocycles. The lowest BCUT2D eigenvalue weighted by Crippen LogP contribution is -2.43. The van der Waals surface area contributed by atoms with E-state index in [1.54, 1.807) is 23.1 Å². The molecule has 0 spiro atoms. The maximum absolute atomic E-state index is 12.0. The lowest BCUT2D eigenvalue weighted by Gasteiger charge is -2.21. The highest BCUT2D eigenvalue weighted by Gasteiger charge is 2.31. The summed E-state index contributed by atoms with van der Waals surface area (Å²) in [6.07, 6.45) is 2.56. The monoisotopic (exact) mass is 292 g/mol. The number of carboxylic acids is 1. The average molecular weight is 292 g/mol. The largest absolute Gasteiger partial charge is 0.478 e. The van der Waals surface area contributed by atoms with Crippen LogP contribution in [0.4, 0.5) is 4.79 Å². The third kappa shape index (κ3) is 4.46. The number of aliphatic hydroxyl groups is 1. The number of aromatic carboxylic acids is 1. The summed E-state index contributed by atoms with van der Waals surface area (Å²) in [4.78, 5) is 24.5. The molecule has 1 aliphatic carbocycles. The summed E-state index contributed by atoms with van der Waals surface area (Å²) in [5.41, 5.74) is 1.12. The Morgan fingerprint density at radius 3 is 2.71 bits per heavy atom. The Balaban J connectivity index is 1.81. The van der Waals surface area contributed by atoms with Crippen LogP contribution in [-0.2, 0) is 6.42 Å². The minimum atomic E-state index is -0.955. The summed E-state index contributed by atoms with van der Waals surface area (Å²) >= 11 is 0. The molecule has 1 aliphatic rings. The van der Waals surface area contributed by atoms with Crippen LogP contribution < -0.4 is 5.32 Å². The van der Waals surface area contributed by atoms with Crippen LogP contribution >= 0.6 is 0 Å². The lowest BCUT2D eigenvalue weighted by molar-refractivity contribution is 0.0696. The first-order valence-corrected chi connectivity index (χ1v) is 7.09. The Labute approximate surface area is 123 Å². The lowest BCUT2D eigenvalue weighted by atomic mass is 10.1. The Kier molecular flexibility index (Phi) is 5.16. The summed E-state index contributed by atoms with van der Waals surface area (Å²) in [6.45, 7) is 0.756. The molecule has 21 heavy (non-hydrogen) atoms. The fourth-order valence-corrected chi connectivity index (χ4v) is 2.22. The van der Waals surface area contributed by atoms with Gasteiger partial charge in [-0.1, -0.05) is 12.1 Å². The van der Waals surface area contributed by atoms with Crippen molar-refractivity contribution >= 4 is 12.0 Å². The first-order chi connectivity index (χ1) is 10.1. The highest BCUT2D eigenvalue weighted by atomic mass is 16.4. The van der Waals surface area contributed by atoms with Crippen LogP contribution in [0.1, 0.15) is 28.8 Å². The maximum atomic E-state index is 12.0. The molecular weight excluding hydrogens is 272 g/mol. The molecule has 0 atom stereocenters. The number of carbonyl (C=O) groups excluding carboxylic acids is 1. The van der Waals surface area contributed by atoms with Gasteiger partial charge in [0.25, 0.3) is 0 Å². The standard InChI is InChI=1S/C15H20N2O4/c18-9-8-17(13-4-5-13)15(21)16-7-6-11-2-1-3-12(10-11)14(19)20/h1-3,10,13,18H,4-9H2,(H,16,21)(H,19,20). The fourth-order valence-electron chi connectivity index (χ4n) is 2.22. The minimum Gasteiger partial charge on any atom is -0.478 e. The summed E-state index contributed by atoms with van der Waals surface area (Å²) in [7, 11) is 0. The van der Waals surface area contributed by atoms with E-state index in [9.17, 15) is 9.59 Å². The van der Waals surface area contributed by atoms with E-state index in [4.69, 9.17) is 10.2 Å². The molecule has 1 aromatic rings. The summed E-state index contributed by atoms with van der Waals surface area (Å²) in [5, 5.41) is 20.7. The molecule has 1 fully saturated rings. The predicted molar refractivity (Wildman–Crippen MR) is 77.3 cm³/mol. The van der Waals surface area contributed by atoms with Gasteiger partial charge in [-0.15, -0.1) is 0 Å². The van der Waals surface area contributed by atoms with Crippen LogP contribution in [0.15, 0.2) is 24.3 Å². The Hall–Kier alpha value is -2.08. The Bertz CT molecular complexity index is 514. The Morgan fingerprint density at radius 1 is 1.33 bits per heavy atom. The molecule has 0 radical (unpaired) electrons. The molecule has 0 bridgehead atoms. The van der Waals surface area contributed by atoms with E-state index in [2.05, 4.69) is 5.32 Å². The van der Waals surface area contributed by atoms with Gasteiger partial charge in [-0.05, 0) is 37.0 Å². The molecule has 0 heterocycles. The zero-order chi connectivity index (χ0) is 15.2. The summed E-state index contributed by atoms with van der Waals surface area (Å²) in [6, 6.07) is 6.78. The molecule has 3 N–H and O–H groups in total. The molecule has 6 nitrogen and oxygen atoms in total. The first kappa shape index (κ1) is 15.3. The highest BCUT2D eigenvalue weighted by molar-refractivity contribution is 5.87. The van der Waals surface area contributed by atoms with Gasteiger partial charge in [0.1, 0.15) is 0 Å². The van der Waals surface area contributed by atoms with Crippen LogP contribution in [0.2, 0.25) is 0 Å². The van der Waals surface area contributed by atoms with Crippen molar-refractivity contribution in [2.45, 2.75) is 25.3 Å². The van der Waals surface area contributed by atoms with Gasteiger partial charge in [0, 0.05) is 19.1 Å². The quantitative estimate of drug-likeness (QED) is 0.702. The normalized spacial score (nSPS) is 13.8. The molecular formula is C15H20N2O4. The number of hydrogen-bond donors (Lipinski definition) is 3. The molecule has 0 saturated heterocycles. The zero-order valence-electron chi connectivity index (χ0n) is 11.8. The number of carboxylic acid groups (broad SMARTS) is 1. The third-order valence-corrected chi connectivity index (χ3v) is 3.45. The van der Waals surface area contributed by atoms with Crippen LogP contribution in [0.25, 0.3) is 0 Å². The second kappa shape index (κ2) is 7.08. The number of amides is 2. The van der Waals surface area contributed by atoms with Gasteiger partial charge < -0.3 is 20.4 Å². The summed E-state index contributed by atoms with van der Waals surface area (Å²) < 4.78 is 0. The van der Waals surface area contributed by atoms with Crippen molar-refractivity contribution in [2.75, 3.05) is 19.7 Å². The van der Waals surface area contributed by atoms with E-state index in [0.717, 1.165) is 18.4 Å².